The highest BCUT2D eigenvalue weighted by molar-refractivity contribution is 7.10. The number of hydrogen-bond acceptors (Lipinski definition) is 7. The van der Waals surface area contributed by atoms with E-state index < -0.39 is 0 Å². The highest BCUT2D eigenvalue weighted by Crippen LogP contribution is 2.19. The average Bonchev–Trinajstić information content (AvgIpc) is 2.92. The van der Waals surface area contributed by atoms with E-state index in [-0.39, 0.29) is 0 Å². The van der Waals surface area contributed by atoms with Crippen molar-refractivity contribution in [3.8, 4) is 0 Å². The van der Waals surface area contributed by atoms with E-state index in [4.69, 9.17) is 0 Å². The first kappa shape index (κ1) is 14.5. The largest absolute Gasteiger partial charge is 0.357 e. The SMILES string of the molecule is CCc1ccsc1CNc1nc(NC)nc(N(C)C)n1. The minimum Gasteiger partial charge on any atom is -0.357 e. The number of hydrogen-bond donors (Lipinski definition) is 2. The molecule has 6 nitrogen and oxygen atoms in total. The molecule has 0 amide bonds. The van der Waals surface area contributed by atoms with Gasteiger partial charge in [-0.25, -0.2) is 0 Å². The van der Waals surface area contributed by atoms with Gasteiger partial charge in [-0.3, -0.25) is 0 Å². The van der Waals surface area contributed by atoms with Crippen molar-refractivity contribution in [2.24, 2.45) is 0 Å². The minimum atomic E-state index is 0.563. The first-order valence-electron chi connectivity index (χ1n) is 6.54. The number of aromatic nitrogens is 3. The van der Waals surface area contributed by atoms with Gasteiger partial charge in [0.25, 0.3) is 0 Å². The fourth-order valence-corrected chi connectivity index (χ4v) is 2.67. The monoisotopic (exact) mass is 292 g/mol. The van der Waals surface area contributed by atoms with Crippen LogP contribution in [0.5, 0.6) is 0 Å². The van der Waals surface area contributed by atoms with E-state index in [0.717, 1.165) is 13.0 Å². The molecule has 2 aromatic rings. The summed E-state index contributed by atoms with van der Waals surface area (Å²) in [4.78, 5) is 16.2. The molecule has 108 valence electrons. The molecular formula is C13H20N6S. The Bertz CT molecular complexity index is 566. The van der Waals surface area contributed by atoms with Gasteiger partial charge in [0, 0.05) is 26.0 Å². The number of anilines is 3. The van der Waals surface area contributed by atoms with Gasteiger partial charge >= 0.3 is 0 Å². The maximum Gasteiger partial charge on any atom is 0.231 e. The van der Waals surface area contributed by atoms with Gasteiger partial charge in [0.2, 0.25) is 17.8 Å². The van der Waals surface area contributed by atoms with E-state index in [0.29, 0.717) is 17.8 Å². The number of nitrogens with one attached hydrogen (secondary N) is 2. The minimum absolute atomic E-state index is 0.563. The van der Waals surface area contributed by atoms with E-state index in [1.54, 1.807) is 18.4 Å². The Morgan fingerprint density at radius 1 is 1.20 bits per heavy atom. The molecule has 0 saturated carbocycles. The molecule has 0 aliphatic carbocycles. The molecule has 0 aliphatic heterocycles. The highest BCUT2D eigenvalue weighted by atomic mass is 32.1. The van der Waals surface area contributed by atoms with Crippen LogP contribution in [0.2, 0.25) is 0 Å². The van der Waals surface area contributed by atoms with Gasteiger partial charge in [-0.1, -0.05) is 6.92 Å². The van der Waals surface area contributed by atoms with Crippen molar-refractivity contribution in [1.82, 2.24) is 15.0 Å². The maximum absolute atomic E-state index is 4.39. The van der Waals surface area contributed by atoms with Crippen LogP contribution in [0, 0.1) is 0 Å². The van der Waals surface area contributed by atoms with Crippen molar-refractivity contribution in [2.45, 2.75) is 19.9 Å². The second kappa shape index (κ2) is 6.51. The van der Waals surface area contributed by atoms with Gasteiger partial charge in [-0.05, 0) is 23.4 Å². The van der Waals surface area contributed by atoms with Crippen molar-refractivity contribution >= 4 is 29.2 Å². The average molecular weight is 292 g/mol. The van der Waals surface area contributed by atoms with Crippen molar-refractivity contribution < 1.29 is 0 Å². The predicted molar refractivity (Wildman–Crippen MR) is 84.7 cm³/mol. The van der Waals surface area contributed by atoms with E-state index in [1.165, 1.54) is 10.4 Å². The molecule has 0 saturated heterocycles. The quantitative estimate of drug-likeness (QED) is 0.851. The van der Waals surface area contributed by atoms with Crippen LogP contribution in [0.3, 0.4) is 0 Å². The summed E-state index contributed by atoms with van der Waals surface area (Å²) in [5.41, 5.74) is 1.37. The Kier molecular flexibility index (Phi) is 4.73. The molecule has 0 aliphatic rings. The van der Waals surface area contributed by atoms with E-state index in [9.17, 15) is 0 Å². The first-order chi connectivity index (χ1) is 9.63. The molecule has 7 heteroatoms. The Morgan fingerprint density at radius 3 is 2.60 bits per heavy atom. The van der Waals surface area contributed by atoms with Gasteiger partial charge < -0.3 is 15.5 Å². The summed E-state index contributed by atoms with van der Waals surface area (Å²) in [6, 6.07) is 2.17. The third kappa shape index (κ3) is 3.36. The molecule has 0 aromatic carbocycles. The lowest BCUT2D eigenvalue weighted by Crippen LogP contribution is -2.16. The topological polar surface area (TPSA) is 66.0 Å². The van der Waals surface area contributed by atoms with Crippen LogP contribution in [0.1, 0.15) is 17.4 Å². The summed E-state index contributed by atoms with van der Waals surface area (Å²) in [7, 11) is 5.62. The molecule has 0 spiro atoms. The van der Waals surface area contributed by atoms with Gasteiger partial charge in [-0.2, -0.15) is 15.0 Å². The molecular weight excluding hydrogens is 272 g/mol. The van der Waals surface area contributed by atoms with Gasteiger partial charge in [0.1, 0.15) is 0 Å². The Morgan fingerprint density at radius 2 is 1.95 bits per heavy atom. The number of thiophene rings is 1. The second-order valence-electron chi connectivity index (χ2n) is 4.50. The van der Waals surface area contributed by atoms with Crippen LogP contribution in [-0.2, 0) is 13.0 Å². The Hall–Kier alpha value is -1.89. The molecule has 2 rings (SSSR count). The summed E-state index contributed by atoms with van der Waals surface area (Å²) in [6.45, 7) is 2.90. The van der Waals surface area contributed by atoms with Crippen LogP contribution in [-0.4, -0.2) is 36.1 Å². The van der Waals surface area contributed by atoms with Crippen LogP contribution in [0.25, 0.3) is 0 Å². The third-order valence-corrected chi connectivity index (χ3v) is 3.84. The zero-order valence-corrected chi connectivity index (χ0v) is 13.1. The summed E-state index contributed by atoms with van der Waals surface area (Å²) in [6.07, 6.45) is 1.04. The molecule has 0 radical (unpaired) electrons. The van der Waals surface area contributed by atoms with Crippen LogP contribution < -0.4 is 15.5 Å². The molecule has 20 heavy (non-hydrogen) atoms. The molecule has 0 atom stereocenters. The Labute approximate surface area is 123 Å². The van der Waals surface area contributed by atoms with Crippen molar-refractivity contribution in [3.63, 3.8) is 0 Å². The molecule has 0 bridgehead atoms. The van der Waals surface area contributed by atoms with Gasteiger partial charge in [0.15, 0.2) is 0 Å². The number of aryl methyl sites for hydroxylation is 1. The lowest BCUT2D eigenvalue weighted by Gasteiger charge is -2.13. The molecule has 2 N–H and O–H groups in total. The molecule has 0 fully saturated rings. The van der Waals surface area contributed by atoms with E-state index in [1.807, 2.05) is 19.0 Å². The summed E-state index contributed by atoms with van der Waals surface area (Å²) in [5.74, 6) is 1.78. The summed E-state index contributed by atoms with van der Waals surface area (Å²) < 4.78 is 0. The molecule has 2 heterocycles. The normalized spacial score (nSPS) is 10.4. The standard InChI is InChI=1S/C13H20N6S/c1-5-9-6-7-20-10(9)8-15-12-16-11(14-2)17-13(18-12)19(3)4/h6-7H,5,8H2,1-4H3,(H2,14,15,16,17,18). The van der Waals surface area contributed by atoms with Crippen LogP contribution in [0.15, 0.2) is 11.4 Å². The fourth-order valence-electron chi connectivity index (χ4n) is 1.75. The van der Waals surface area contributed by atoms with Gasteiger partial charge in [0.05, 0.1) is 6.54 Å². The zero-order chi connectivity index (χ0) is 14.5. The zero-order valence-electron chi connectivity index (χ0n) is 12.3. The van der Waals surface area contributed by atoms with E-state index in [2.05, 4.69) is 44.0 Å². The van der Waals surface area contributed by atoms with Crippen molar-refractivity contribution in [1.29, 1.82) is 0 Å². The second-order valence-corrected chi connectivity index (χ2v) is 5.50. The molecule has 0 unspecified atom stereocenters. The maximum atomic E-state index is 4.39. The fraction of sp³-hybridized carbons (Fsp3) is 0.462. The number of nitrogens with zero attached hydrogens (tertiary/aromatic N) is 4. The smallest absolute Gasteiger partial charge is 0.231 e. The molecule has 2 aromatic heterocycles. The Balaban J connectivity index is 2.14. The highest BCUT2D eigenvalue weighted by Gasteiger charge is 2.08. The number of rotatable bonds is 6. The van der Waals surface area contributed by atoms with Crippen molar-refractivity contribution in [2.75, 3.05) is 36.7 Å². The predicted octanol–water partition coefficient (Wildman–Crippen LogP) is 2.22. The van der Waals surface area contributed by atoms with Crippen molar-refractivity contribution in [3.05, 3.63) is 21.9 Å². The van der Waals surface area contributed by atoms with Crippen LogP contribution in [0.4, 0.5) is 17.8 Å². The van der Waals surface area contributed by atoms with E-state index >= 15 is 0 Å². The first-order valence-corrected chi connectivity index (χ1v) is 7.42. The van der Waals surface area contributed by atoms with Gasteiger partial charge in [-0.15, -0.1) is 11.3 Å². The lowest BCUT2D eigenvalue weighted by atomic mass is 10.2. The lowest BCUT2D eigenvalue weighted by molar-refractivity contribution is 0.944. The summed E-state index contributed by atoms with van der Waals surface area (Å²) in [5, 5.41) is 8.34. The summed E-state index contributed by atoms with van der Waals surface area (Å²) >= 11 is 1.75. The third-order valence-electron chi connectivity index (χ3n) is 2.87. The van der Waals surface area contributed by atoms with Crippen LogP contribution >= 0.6 is 11.3 Å².